The summed E-state index contributed by atoms with van der Waals surface area (Å²) in [7, 11) is 0. The van der Waals surface area contributed by atoms with E-state index in [4.69, 9.17) is 5.10 Å². The minimum atomic E-state index is 0.556. The van der Waals surface area contributed by atoms with Crippen LogP contribution in [0.3, 0.4) is 0 Å². The molecule has 1 aliphatic rings. The van der Waals surface area contributed by atoms with Gasteiger partial charge in [0.2, 0.25) is 4.96 Å². The summed E-state index contributed by atoms with van der Waals surface area (Å²) >= 11 is 1.69. The molecule has 2 heterocycles. The van der Waals surface area contributed by atoms with Gasteiger partial charge < -0.3 is 5.32 Å². The van der Waals surface area contributed by atoms with E-state index in [0.717, 1.165) is 30.2 Å². The average molecular weight is 307 g/mol. The maximum atomic E-state index is 4.75. The maximum absolute atomic E-state index is 4.75. The minimum absolute atomic E-state index is 0.556. The highest BCUT2D eigenvalue weighted by Gasteiger charge is 2.22. The first-order valence-corrected chi connectivity index (χ1v) is 9.00. The lowest BCUT2D eigenvalue weighted by Gasteiger charge is -2.18. The number of aromatic nitrogens is 4. The van der Waals surface area contributed by atoms with Crippen LogP contribution in [0.15, 0.2) is 0 Å². The molecule has 21 heavy (non-hydrogen) atoms. The molecule has 0 saturated heterocycles. The molecule has 0 bridgehead atoms. The average Bonchev–Trinajstić information content (AvgIpc) is 3.04. The molecule has 2 aromatic heterocycles. The highest BCUT2D eigenvalue weighted by Crippen LogP contribution is 2.32. The van der Waals surface area contributed by atoms with Crippen LogP contribution in [0, 0.1) is 0 Å². The molecule has 5 nitrogen and oxygen atoms in total. The summed E-state index contributed by atoms with van der Waals surface area (Å²) in [4.78, 5) is 0.961. The van der Waals surface area contributed by atoms with Gasteiger partial charge in [-0.15, -0.1) is 10.2 Å². The summed E-state index contributed by atoms with van der Waals surface area (Å²) in [5.41, 5.74) is 0. The van der Waals surface area contributed by atoms with Crippen molar-refractivity contribution in [3.8, 4) is 0 Å². The molecule has 3 rings (SSSR count). The van der Waals surface area contributed by atoms with Gasteiger partial charge in [0.25, 0.3) is 0 Å². The Morgan fingerprint density at radius 2 is 2.05 bits per heavy atom. The van der Waals surface area contributed by atoms with Crippen LogP contribution in [0.25, 0.3) is 4.96 Å². The van der Waals surface area contributed by atoms with Crippen molar-refractivity contribution in [3.05, 3.63) is 10.8 Å². The zero-order valence-electron chi connectivity index (χ0n) is 13.0. The zero-order chi connectivity index (χ0) is 14.7. The Kier molecular flexibility index (Phi) is 4.85. The molecule has 0 aliphatic heterocycles. The van der Waals surface area contributed by atoms with Crippen molar-refractivity contribution in [1.82, 2.24) is 25.1 Å². The fraction of sp³-hybridized carbons (Fsp3) is 0.800. The molecule has 116 valence electrons. The van der Waals surface area contributed by atoms with Gasteiger partial charge in [0, 0.05) is 18.4 Å². The predicted octanol–water partition coefficient (Wildman–Crippen LogP) is 3.16. The summed E-state index contributed by atoms with van der Waals surface area (Å²) in [6.45, 7) is 5.41. The van der Waals surface area contributed by atoms with E-state index in [9.17, 15) is 0 Å². The van der Waals surface area contributed by atoms with Crippen molar-refractivity contribution in [2.45, 2.75) is 70.8 Å². The normalized spacial score (nSPS) is 17.1. The van der Waals surface area contributed by atoms with E-state index in [0.29, 0.717) is 12.0 Å². The van der Waals surface area contributed by atoms with Crippen LogP contribution >= 0.6 is 11.3 Å². The molecule has 0 atom stereocenters. The predicted molar refractivity (Wildman–Crippen MR) is 85.9 cm³/mol. The van der Waals surface area contributed by atoms with E-state index in [1.807, 2.05) is 4.52 Å². The third-order valence-corrected chi connectivity index (χ3v) is 5.11. The number of rotatable bonds is 6. The van der Waals surface area contributed by atoms with Crippen molar-refractivity contribution in [1.29, 1.82) is 0 Å². The third kappa shape index (κ3) is 3.61. The quantitative estimate of drug-likeness (QED) is 0.833. The highest BCUT2D eigenvalue weighted by atomic mass is 32.1. The lowest BCUT2D eigenvalue weighted by molar-refractivity contribution is 0.423. The number of hydrogen-bond donors (Lipinski definition) is 1. The van der Waals surface area contributed by atoms with Gasteiger partial charge in [-0.05, 0) is 25.8 Å². The molecule has 1 aliphatic carbocycles. The number of hydrogen-bond acceptors (Lipinski definition) is 5. The standard InChI is InChI=1S/C15H25N5S/c1-11(2)16-10-6-9-13-19-20-14(17-18-15(20)21-13)12-7-4-3-5-8-12/h11-12,16H,3-10H2,1-2H3. The summed E-state index contributed by atoms with van der Waals surface area (Å²) in [6.07, 6.45) is 8.63. The SMILES string of the molecule is CC(C)NCCCc1nn2c(C3CCCCC3)nnc2s1. The van der Waals surface area contributed by atoms with Gasteiger partial charge in [0.15, 0.2) is 5.82 Å². The van der Waals surface area contributed by atoms with Gasteiger partial charge >= 0.3 is 0 Å². The van der Waals surface area contributed by atoms with Gasteiger partial charge in [-0.2, -0.15) is 9.61 Å². The molecule has 1 N–H and O–H groups in total. The van der Waals surface area contributed by atoms with E-state index < -0.39 is 0 Å². The number of nitrogens with one attached hydrogen (secondary N) is 1. The summed E-state index contributed by atoms with van der Waals surface area (Å²) in [6, 6.07) is 0.556. The van der Waals surface area contributed by atoms with Crippen LogP contribution in [0.5, 0.6) is 0 Å². The van der Waals surface area contributed by atoms with Crippen LogP contribution in [-0.4, -0.2) is 32.4 Å². The first-order chi connectivity index (χ1) is 10.2. The Morgan fingerprint density at radius 3 is 2.81 bits per heavy atom. The van der Waals surface area contributed by atoms with Gasteiger partial charge in [-0.25, -0.2) is 0 Å². The largest absolute Gasteiger partial charge is 0.315 e. The molecule has 1 fully saturated rings. The Balaban J connectivity index is 1.64. The lowest BCUT2D eigenvalue weighted by atomic mass is 9.89. The van der Waals surface area contributed by atoms with Crippen molar-refractivity contribution in [2.75, 3.05) is 6.54 Å². The topological polar surface area (TPSA) is 55.1 Å². The maximum Gasteiger partial charge on any atom is 0.234 e. The van der Waals surface area contributed by atoms with Crippen LogP contribution in [0.4, 0.5) is 0 Å². The van der Waals surface area contributed by atoms with E-state index in [2.05, 4.69) is 29.4 Å². The summed E-state index contributed by atoms with van der Waals surface area (Å²) in [5, 5.41) is 18.1. The Hall–Kier alpha value is -1.01. The minimum Gasteiger partial charge on any atom is -0.315 e. The first-order valence-electron chi connectivity index (χ1n) is 8.18. The van der Waals surface area contributed by atoms with Gasteiger partial charge in [0.05, 0.1) is 0 Å². The number of aryl methyl sites for hydroxylation is 1. The smallest absolute Gasteiger partial charge is 0.234 e. The molecule has 2 aromatic rings. The summed E-state index contributed by atoms with van der Waals surface area (Å²) in [5.74, 6) is 1.65. The highest BCUT2D eigenvalue weighted by molar-refractivity contribution is 7.16. The van der Waals surface area contributed by atoms with Gasteiger partial charge in [-0.3, -0.25) is 0 Å². The van der Waals surface area contributed by atoms with Crippen molar-refractivity contribution >= 4 is 16.3 Å². The second-order valence-electron chi connectivity index (χ2n) is 6.30. The van der Waals surface area contributed by atoms with Crippen molar-refractivity contribution < 1.29 is 0 Å². The van der Waals surface area contributed by atoms with Gasteiger partial charge in [0.1, 0.15) is 5.01 Å². The van der Waals surface area contributed by atoms with Crippen LogP contribution in [0.2, 0.25) is 0 Å². The fourth-order valence-corrected chi connectivity index (χ4v) is 3.90. The molecule has 1 saturated carbocycles. The van der Waals surface area contributed by atoms with Crippen LogP contribution in [0.1, 0.15) is 69.1 Å². The van der Waals surface area contributed by atoms with Gasteiger partial charge in [-0.1, -0.05) is 44.4 Å². The molecule has 6 heteroatoms. The fourth-order valence-electron chi connectivity index (χ4n) is 3.02. The second-order valence-corrected chi connectivity index (χ2v) is 7.34. The number of fused-ring (bicyclic) bond motifs is 1. The zero-order valence-corrected chi connectivity index (χ0v) is 13.8. The molecular formula is C15H25N5S. The second kappa shape index (κ2) is 6.83. The summed E-state index contributed by atoms with van der Waals surface area (Å²) < 4.78 is 2.01. The van der Waals surface area contributed by atoms with E-state index in [1.165, 1.54) is 37.1 Å². The van der Waals surface area contributed by atoms with Crippen molar-refractivity contribution in [2.24, 2.45) is 0 Å². The lowest BCUT2D eigenvalue weighted by Crippen LogP contribution is -2.23. The Labute approximate surface area is 130 Å². The molecule has 0 radical (unpaired) electrons. The molecule has 0 aromatic carbocycles. The van der Waals surface area contributed by atoms with E-state index >= 15 is 0 Å². The molecule has 0 unspecified atom stereocenters. The molecule has 0 amide bonds. The van der Waals surface area contributed by atoms with E-state index in [1.54, 1.807) is 11.3 Å². The van der Waals surface area contributed by atoms with Crippen LogP contribution in [-0.2, 0) is 6.42 Å². The van der Waals surface area contributed by atoms with Crippen LogP contribution < -0.4 is 5.32 Å². The first kappa shape index (κ1) is 14.9. The Bertz CT molecular complexity index is 568. The molecule has 0 spiro atoms. The third-order valence-electron chi connectivity index (χ3n) is 4.15. The van der Waals surface area contributed by atoms with E-state index in [-0.39, 0.29) is 0 Å². The van der Waals surface area contributed by atoms with Crippen molar-refractivity contribution in [3.63, 3.8) is 0 Å². The number of nitrogens with zero attached hydrogens (tertiary/aromatic N) is 4. The molecular weight excluding hydrogens is 282 g/mol. The Morgan fingerprint density at radius 1 is 1.24 bits per heavy atom. The monoisotopic (exact) mass is 307 g/mol.